The van der Waals surface area contributed by atoms with Crippen molar-refractivity contribution in [3.63, 3.8) is 0 Å². The summed E-state index contributed by atoms with van der Waals surface area (Å²) >= 11 is 0. The number of likely N-dealkylation sites (tertiary alicyclic amines) is 1. The summed E-state index contributed by atoms with van der Waals surface area (Å²) in [6, 6.07) is 3.76. The summed E-state index contributed by atoms with van der Waals surface area (Å²) in [6.45, 7) is 5.37. The monoisotopic (exact) mass is 341 g/mol. The van der Waals surface area contributed by atoms with Gasteiger partial charge in [0.05, 0.1) is 5.56 Å². The van der Waals surface area contributed by atoms with E-state index in [0.717, 1.165) is 50.5 Å². The average molecular weight is 341 g/mol. The molecule has 3 heterocycles. The van der Waals surface area contributed by atoms with E-state index in [9.17, 15) is 4.79 Å². The standard InChI is InChI=1S/C19H27N5O/c1-15-6-7-16(13-21-15)19(25)24-9-4-5-17(14-24)18-20-8-10-23(18)12-11-22(2)3/h6-8,10,13,17H,4-5,9,11-12,14H2,1-3H3/t17-/m0/s1. The maximum absolute atomic E-state index is 12.8. The largest absolute Gasteiger partial charge is 0.338 e. The van der Waals surface area contributed by atoms with Crippen LogP contribution in [0.4, 0.5) is 0 Å². The predicted octanol–water partition coefficient (Wildman–Crippen LogP) is 2.17. The number of amides is 1. The molecule has 1 aliphatic heterocycles. The summed E-state index contributed by atoms with van der Waals surface area (Å²) in [5.41, 5.74) is 1.60. The third kappa shape index (κ3) is 4.25. The van der Waals surface area contributed by atoms with E-state index < -0.39 is 0 Å². The first-order chi connectivity index (χ1) is 12.0. The van der Waals surface area contributed by atoms with Crippen LogP contribution in [0.15, 0.2) is 30.7 Å². The van der Waals surface area contributed by atoms with Gasteiger partial charge in [0.1, 0.15) is 5.82 Å². The first-order valence-electron chi connectivity index (χ1n) is 8.92. The number of piperidine rings is 1. The van der Waals surface area contributed by atoms with E-state index in [4.69, 9.17) is 0 Å². The van der Waals surface area contributed by atoms with Gasteiger partial charge < -0.3 is 14.4 Å². The third-order valence-electron chi connectivity index (χ3n) is 4.77. The van der Waals surface area contributed by atoms with E-state index in [2.05, 4.69) is 33.5 Å². The van der Waals surface area contributed by atoms with Crippen molar-refractivity contribution >= 4 is 5.91 Å². The van der Waals surface area contributed by atoms with Gasteiger partial charge in [0.15, 0.2) is 0 Å². The van der Waals surface area contributed by atoms with Crippen molar-refractivity contribution in [2.24, 2.45) is 0 Å². The van der Waals surface area contributed by atoms with E-state index in [1.165, 1.54) is 0 Å². The number of hydrogen-bond acceptors (Lipinski definition) is 4. The molecule has 1 saturated heterocycles. The summed E-state index contributed by atoms with van der Waals surface area (Å²) < 4.78 is 2.23. The quantitative estimate of drug-likeness (QED) is 0.836. The number of carbonyl (C=O) groups excluding carboxylic acids is 1. The zero-order valence-electron chi connectivity index (χ0n) is 15.4. The van der Waals surface area contributed by atoms with E-state index >= 15 is 0 Å². The number of likely N-dealkylation sites (N-methyl/N-ethyl adjacent to an activating group) is 1. The molecule has 2 aromatic heterocycles. The summed E-state index contributed by atoms with van der Waals surface area (Å²) in [7, 11) is 4.15. The van der Waals surface area contributed by atoms with Crippen LogP contribution in [0.2, 0.25) is 0 Å². The number of nitrogens with zero attached hydrogens (tertiary/aromatic N) is 5. The second-order valence-electron chi connectivity index (χ2n) is 7.06. The van der Waals surface area contributed by atoms with Crippen LogP contribution in [-0.2, 0) is 6.54 Å². The molecule has 0 N–H and O–H groups in total. The van der Waals surface area contributed by atoms with Crippen molar-refractivity contribution in [2.75, 3.05) is 33.7 Å². The highest BCUT2D eigenvalue weighted by Crippen LogP contribution is 2.26. The molecule has 3 rings (SSSR count). The Morgan fingerprint density at radius 3 is 2.88 bits per heavy atom. The van der Waals surface area contributed by atoms with Gasteiger partial charge in [0.25, 0.3) is 5.91 Å². The Balaban J connectivity index is 1.70. The zero-order chi connectivity index (χ0) is 17.8. The van der Waals surface area contributed by atoms with Gasteiger partial charge in [-0.2, -0.15) is 0 Å². The molecule has 25 heavy (non-hydrogen) atoms. The van der Waals surface area contributed by atoms with Crippen LogP contribution in [0.5, 0.6) is 0 Å². The molecule has 6 heteroatoms. The lowest BCUT2D eigenvalue weighted by Gasteiger charge is -2.32. The third-order valence-corrected chi connectivity index (χ3v) is 4.77. The molecule has 0 bridgehead atoms. The minimum absolute atomic E-state index is 0.0728. The Labute approximate surface area is 149 Å². The Morgan fingerprint density at radius 2 is 2.16 bits per heavy atom. The molecule has 2 aromatic rings. The normalized spacial score (nSPS) is 17.9. The number of hydrogen-bond donors (Lipinski definition) is 0. The number of aromatic nitrogens is 3. The van der Waals surface area contributed by atoms with E-state index in [-0.39, 0.29) is 5.91 Å². The molecular formula is C19H27N5O. The number of imidazole rings is 1. The lowest BCUT2D eigenvalue weighted by atomic mass is 9.96. The summed E-state index contributed by atoms with van der Waals surface area (Å²) in [4.78, 5) is 25.7. The Bertz CT molecular complexity index is 707. The molecule has 134 valence electrons. The Morgan fingerprint density at radius 1 is 1.32 bits per heavy atom. The fraction of sp³-hybridized carbons (Fsp3) is 0.526. The maximum atomic E-state index is 12.8. The van der Waals surface area contributed by atoms with Crippen molar-refractivity contribution in [1.29, 1.82) is 0 Å². The van der Waals surface area contributed by atoms with Crippen LogP contribution in [0.1, 0.15) is 40.6 Å². The molecular weight excluding hydrogens is 314 g/mol. The molecule has 0 radical (unpaired) electrons. The average Bonchev–Trinajstić information content (AvgIpc) is 3.09. The van der Waals surface area contributed by atoms with Crippen LogP contribution < -0.4 is 0 Å². The van der Waals surface area contributed by atoms with Crippen LogP contribution in [0, 0.1) is 6.92 Å². The fourth-order valence-corrected chi connectivity index (χ4v) is 3.33. The highest BCUT2D eigenvalue weighted by molar-refractivity contribution is 5.94. The first kappa shape index (κ1) is 17.6. The van der Waals surface area contributed by atoms with Crippen LogP contribution >= 0.6 is 0 Å². The van der Waals surface area contributed by atoms with Crippen molar-refractivity contribution in [3.05, 3.63) is 47.8 Å². The lowest BCUT2D eigenvalue weighted by molar-refractivity contribution is 0.0702. The lowest BCUT2D eigenvalue weighted by Crippen LogP contribution is -2.40. The number of rotatable bonds is 5. The van der Waals surface area contributed by atoms with E-state index in [1.807, 2.05) is 36.4 Å². The van der Waals surface area contributed by atoms with Gasteiger partial charge in [0, 0.05) is 56.4 Å². The predicted molar refractivity (Wildman–Crippen MR) is 97.6 cm³/mol. The molecule has 0 aromatic carbocycles. The smallest absolute Gasteiger partial charge is 0.255 e. The minimum atomic E-state index is 0.0728. The van der Waals surface area contributed by atoms with Crippen LogP contribution in [0.25, 0.3) is 0 Å². The zero-order valence-corrected chi connectivity index (χ0v) is 15.4. The Kier molecular flexibility index (Phi) is 5.48. The fourth-order valence-electron chi connectivity index (χ4n) is 3.33. The van der Waals surface area contributed by atoms with Crippen LogP contribution in [0.3, 0.4) is 0 Å². The highest BCUT2D eigenvalue weighted by atomic mass is 16.2. The van der Waals surface area contributed by atoms with Gasteiger partial charge in [-0.1, -0.05) is 0 Å². The SMILES string of the molecule is Cc1ccc(C(=O)N2CCC[C@H](c3nccn3CCN(C)C)C2)cn1. The van der Waals surface area contributed by atoms with Gasteiger partial charge in [-0.3, -0.25) is 9.78 Å². The highest BCUT2D eigenvalue weighted by Gasteiger charge is 2.28. The Hall–Kier alpha value is -2.21. The topological polar surface area (TPSA) is 54.3 Å². The van der Waals surface area contributed by atoms with E-state index in [1.54, 1.807) is 6.20 Å². The van der Waals surface area contributed by atoms with Crippen molar-refractivity contribution in [3.8, 4) is 0 Å². The number of pyridine rings is 1. The summed E-state index contributed by atoms with van der Waals surface area (Å²) in [6.07, 6.45) is 7.68. The van der Waals surface area contributed by atoms with Crippen LogP contribution in [-0.4, -0.2) is 64.0 Å². The van der Waals surface area contributed by atoms with E-state index in [0.29, 0.717) is 11.5 Å². The second-order valence-corrected chi connectivity index (χ2v) is 7.06. The molecule has 0 aliphatic carbocycles. The van der Waals surface area contributed by atoms with Gasteiger partial charge in [0.2, 0.25) is 0 Å². The van der Waals surface area contributed by atoms with Gasteiger partial charge in [-0.15, -0.1) is 0 Å². The summed E-state index contributed by atoms with van der Waals surface area (Å²) in [5.74, 6) is 1.47. The van der Waals surface area contributed by atoms with Gasteiger partial charge in [-0.25, -0.2) is 4.98 Å². The minimum Gasteiger partial charge on any atom is -0.338 e. The molecule has 6 nitrogen and oxygen atoms in total. The summed E-state index contributed by atoms with van der Waals surface area (Å²) in [5, 5.41) is 0. The first-order valence-corrected chi connectivity index (χ1v) is 8.92. The van der Waals surface area contributed by atoms with Crippen molar-refractivity contribution in [2.45, 2.75) is 32.2 Å². The molecule has 1 amide bonds. The maximum Gasteiger partial charge on any atom is 0.255 e. The van der Waals surface area contributed by atoms with Crippen molar-refractivity contribution < 1.29 is 4.79 Å². The molecule has 0 saturated carbocycles. The molecule has 1 aliphatic rings. The second kappa shape index (κ2) is 7.78. The molecule has 1 fully saturated rings. The molecule has 0 spiro atoms. The molecule has 0 unspecified atom stereocenters. The van der Waals surface area contributed by atoms with Gasteiger partial charge >= 0.3 is 0 Å². The van der Waals surface area contributed by atoms with Gasteiger partial charge in [-0.05, 0) is 46.0 Å². The van der Waals surface area contributed by atoms with Crippen molar-refractivity contribution in [1.82, 2.24) is 24.3 Å². The number of carbonyl (C=O) groups is 1. The molecule has 1 atom stereocenters. The number of aryl methyl sites for hydroxylation is 1.